The zero-order chi connectivity index (χ0) is 20.7. The number of aryl methyl sites for hydroxylation is 1. The third kappa shape index (κ3) is 3.08. The molecule has 1 aliphatic heterocycles. The molecule has 0 saturated heterocycles. The van der Waals surface area contributed by atoms with Crippen LogP contribution in [0.4, 0.5) is 5.82 Å². The second kappa shape index (κ2) is 7.25. The minimum Gasteiger partial charge on any atom is -0.494 e. The molecule has 0 unspecified atom stereocenters. The van der Waals surface area contributed by atoms with E-state index in [9.17, 15) is 4.79 Å². The van der Waals surface area contributed by atoms with Crippen molar-refractivity contribution in [3.8, 4) is 11.6 Å². The zero-order valence-corrected chi connectivity index (χ0v) is 16.7. The van der Waals surface area contributed by atoms with Crippen molar-refractivity contribution in [2.75, 3.05) is 11.9 Å². The molecule has 4 heterocycles. The van der Waals surface area contributed by atoms with Gasteiger partial charge in [0.1, 0.15) is 17.9 Å². The van der Waals surface area contributed by atoms with Gasteiger partial charge in [-0.05, 0) is 43.2 Å². The highest BCUT2D eigenvalue weighted by Crippen LogP contribution is 2.40. The fourth-order valence-corrected chi connectivity index (χ4v) is 3.87. The number of nitrogens with zero attached hydrogens (tertiary/aromatic N) is 6. The van der Waals surface area contributed by atoms with Gasteiger partial charge in [-0.3, -0.25) is 4.79 Å². The van der Waals surface area contributed by atoms with E-state index < -0.39 is 0 Å². The summed E-state index contributed by atoms with van der Waals surface area (Å²) in [6.45, 7) is 4.69. The van der Waals surface area contributed by atoms with Crippen LogP contribution in [-0.2, 0) is 4.79 Å². The Bertz CT molecular complexity index is 1240. The standard InChI is InChI=1S/C21H21N7O2/c1-3-9-30-15-6-4-5-14(10-15)16-11-19(29)23-21-20(16)13(2)25-28(21)18-8-7-17-24-22-12-27(17)26-18/h4-8,10,12,16H,3,9,11H2,1-2H3,(H,23,29)/t16-/m1/s1. The normalized spacial score (nSPS) is 15.8. The van der Waals surface area contributed by atoms with Crippen molar-refractivity contribution in [3.63, 3.8) is 0 Å². The van der Waals surface area contributed by atoms with Crippen LogP contribution in [0.25, 0.3) is 11.5 Å². The van der Waals surface area contributed by atoms with Crippen molar-refractivity contribution in [1.82, 2.24) is 29.6 Å². The van der Waals surface area contributed by atoms with E-state index >= 15 is 0 Å². The Labute approximate surface area is 172 Å². The summed E-state index contributed by atoms with van der Waals surface area (Å²) >= 11 is 0. The largest absolute Gasteiger partial charge is 0.494 e. The van der Waals surface area contributed by atoms with Crippen LogP contribution in [0.2, 0.25) is 0 Å². The summed E-state index contributed by atoms with van der Waals surface area (Å²) in [4.78, 5) is 12.6. The number of hydrogen-bond acceptors (Lipinski definition) is 6. The van der Waals surface area contributed by atoms with Gasteiger partial charge in [-0.15, -0.1) is 15.3 Å². The van der Waals surface area contributed by atoms with Gasteiger partial charge in [0, 0.05) is 17.9 Å². The maximum absolute atomic E-state index is 12.6. The van der Waals surface area contributed by atoms with E-state index in [1.807, 2.05) is 43.3 Å². The molecule has 152 valence electrons. The number of nitrogens with one attached hydrogen (secondary N) is 1. The average Bonchev–Trinajstić information content (AvgIpc) is 3.35. The number of anilines is 1. The molecule has 0 radical (unpaired) electrons. The zero-order valence-electron chi connectivity index (χ0n) is 16.7. The SMILES string of the molecule is CCCOc1cccc([C@H]2CC(=O)Nc3c2c(C)nn3-c2ccc3nncn3n2)c1. The molecule has 0 bridgehead atoms. The van der Waals surface area contributed by atoms with Gasteiger partial charge in [-0.25, -0.2) is 0 Å². The number of carbonyl (C=O) groups is 1. The van der Waals surface area contributed by atoms with E-state index in [4.69, 9.17) is 4.74 Å². The van der Waals surface area contributed by atoms with Crippen LogP contribution >= 0.6 is 0 Å². The summed E-state index contributed by atoms with van der Waals surface area (Å²) in [5.41, 5.74) is 3.51. The van der Waals surface area contributed by atoms with Gasteiger partial charge in [0.15, 0.2) is 11.5 Å². The van der Waals surface area contributed by atoms with Crippen LogP contribution in [-0.4, -0.2) is 42.1 Å². The number of aromatic nitrogens is 6. The van der Waals surface area contributed by atoms with Crippen LogP contribution in [0.5, 0.6) is 5.75 Å². The summed E-state index contributed by atoms with van der Waals surface area (Å²) in [5, 5.41) is 20.0. The van der Waals surface area contributed by atoms with Crippen LogP contribution in [0.15, 0.2) is 42.7 Å². The van der Waals surface area contributed by atoms with Crippen LogP contribution in [0.3, 0.4) is 0 Å². The van der Waals surface area contributed by atoms with E-state index in [-0.39, 0.29) is 11.8 Å². The summed E-state index contributed by atoms with van der Waals surface area (Å²) in [7, 11) is 0. The van der Waals surface area contributed by atoms with Gasteiger partial charge >= 0.3 is 0 Å². The van der Waals surface area contributed by atoms with Crippen molar-refractivity contribution >= 4 is 17.4 Å². The van der Waals surface area contributed by atoms with E-state index in [0.717, 1.165) is 29.0 Å². The van der Waals surface area contributed by atoms with E-state index in [2.05, 4.69) is 32.6 Å². The molecule has 0 aliphatic carbocycles. The predicted molar refractivity (Wildman–Crippen MR) is 110 cm³/mol. The Kier molecular flexibility index (Phi) is 4.42. The molecule has 0 fully saturated rings. The minimum absolute atomic E-state index is 0.0566. The Balaban J connectivity index is 1.59. The van der Waals surface area contributed by atoms with Gasteiger partial charge in [0.2, 0.25) is 5.91 Å². The monoisotopic (exact) mass is 403 g/mol. The van der Waals surface area contributed by atoms with Crippen LogP contribution in [0, 0.1) is 6.92 Å². The van der Waals surface area contributed by atoms with E-state index in [1.54, 1.807) is 9.20 Å². The molecule has 9 nitrogen and oxygen atoms in total. The van der Waals surface area contributed by atoms with Gasteiger partial charge in [-0.2, -0.15) is 14.3 Å². The maximum atomic E-state index is 12.6. The van der Waals surface area contributed by atoms with Gasteiger partial charge in [0.25, 0.3) is 0 Å². The first kappa shape index (κ1) is 18.3. The molecule has 3 aromatic heterocycles. The molecular formula is C21H21N7O2. The summed E-state index contributed by atoms with van der Waals surface area (Å²) in [6.07, 6.45) is 2.83. The summed E-state index contributed by atoms with van der Waals surface area (Å²) in [5.74, 6) is 1.87. The van der Waals surface area contributed by atoms with Crippen LogP contribution < -0.4 is 10.1 Å². The lowest BCUT2D eigenvalue weighted by molar-refractivity contribution is -0.116. The highest BCUT2D eigenvalue weighted by molar-refractivity contribution is 5.95. The molecule has 1 aromatic carbocycles. The average molecular weight is 403 g/mol. The minimum atomic E-state index is -0.105. The first-order valence-corrected chi connectivity index (χ1v) is 9.93. The number of carbonyl (C=O) groups excluding carboxylic acids is 1. The Morgan fingerprint density at radius 3 is 3.00 bits per heavy atom. The van der Waals surface area contributed by atoms with Crippen molar-refractivity contribution in [3.05, 3.63) is 59.5 Å². The maximum Gasteiger partial charge on any atom is 0.226 e. The third-order valence-corrected chi connectivity index (χ3v) is 5.20. The Morgan fingerprint density at radius 1 is 1.23 bits per heavy atom. The molecule has 1 atom stereocenters. The second-order valence-electron chi connectivity index (χ2n) is 7.31. The smallest absolute Gasteiger partial charge is 0.226 e. The molecule has 1 amide bonds. The molecule has 5 rings (SSSR count). The second-order valence-corrected chi connectivity index (χ2v) is 7.31. The number of benzene rings is 1. The summed E-state index contributed by atoms with van der Waals surface area (Å²) in [6, 6.07) is 11.6. The molecule has 0 saturated carbocycles. The lowest BCUT2D eigenvalue weighted by Crippen LogP contribution is -2.25. The van der Waals surface area contributed by atoms with E-state index in [0.29, 0.717) is 30.3 Å². The van der Waals surface area contributed by atoms with Crippen molar-refractivity contribution in [1.29, 1.82) is 0 Å². The highest BCUT2D eigenvalue weighted by Gasteiger charge is 2.33. The van der Waals surface area contributed by atoms with Crippen molar-refractivity contribution in [2.24, 2.45) is 0 Å². The van der Waals surface area contributed by atoms with Crippen molar-refractivity contribution < 1.29 is 9.53 Å². The summed E-state index contributed by atoms with van der Waals surface area (Å²) < 4.78 is 9.04. The third-order valence-electron chi connectivity index (χ3n) is 5.20. The van der Waals surface area contributed by atoms with Gasteiger partial charge in [0.05, 0.1) is 12.3 Å². The fraction of sp³-hybridized carbons (Fsp3) is 0.286. The van der Waals surface area contributed by atoms with Gasteiger partial charge in [-0.1, -0.05) is 19.1 Å². The lowest BCUT2D eigenvalue weighted by Gasteiger charge is -2.24. The Hall–Kier alpha value is -3.75. The first-order valence-electron chi connectivity index (χ1n) is 9.93. The number of hydrogen-bond donors (Lipinski definition) is 1. The predicted octanol–water partition coefficient (Wildman–Crippen LogP) is 2.88. The molecular weight excluding hydrogens is 382 g/mol. The van der Waals surface area contributed by atoms with Gasteiger partial charge < -0.3 is 10.1 Å². The topological polar surface area (TPSA) is 99.2 Å². The quantitative estimate of drug-likeness (QED) is 0.550. The number of fused-ring (bicyclic) bond motifs is 2. The number of amides is 1. The fourth-order valence-electron chi connectivity index (χ4n) is 3.87. The van der Waals surface area contributed by atoms with Crippen LogP contribution in [0.1, 0.15) is 42.5 Å². The number of ether oxygens (including phenoxy) is 1. The lowest BCUT2D eigenvalue weighted by atomic mass is 9.86. The molecule has 1 N–H and O–H groups in total. The van der Waals surface area contributed by atoms with Crippen molar-refractivity contribution in [2.45, 2.75) is 32.6 Å². The van der Waals surface area contributed by atoms with E-state index in [1.165, 1.54) is 6.33 Å². The highest BCUT2D eigenvalue weighted by atomic mass is 16.5. The Morgan fingerprint density at radius 2 is 2.13 bits per heavy atom. The first-order chi connectivity index (χ1) is 14.6. The molecule has 30 heavy (non-hydrogen) atoms. The molecule has 9 heteroatoms. The molecule has 1 aliphatic rings. The number of rotatable bonds is 5. The molecule has 0 spiro atoms. The molecule has 4 aromatic rings.